The van der Waals surface area contributed by atoms with E-state index in [1.54, 1.807) is 0 Å². The van der Waals surface area contributed by atoms with Crippen LogP contribution in [0.4, 0.5) is 0 Å². The molecule has 5 nitrogen and oxygen atoms in total. The van der Waals surface area contributed by atoms with Crippen LogP contribution in [0.3, 0.4) is 0 Å². The Morgan fingerprint density at radius 3 is 2.19 bits per heavy atom. The van der Waals surface area contributed by atoms with E-state index in [0.29, 0.717) is 12.5 Å². The van der Waals surface area contributed by atoms with Crippen molar-refractivity contribution in [1.29, 1.82) is 0 Å². The van der Waals surface area contributed by atoms with Crippen LogP contribution in [-0.2, 0) is 14.3 Å². The van der Waals surface area contributed by atoms with Gasteiger partial charge in [-0.15, -0.1) is 0 Å². The van der Waals surface area contributed by atoms with Gasteiger partial charge in [0.05, 0.1) is 6.61 Å². The Kier molecular flexibility index (Phi) is 6.83. The van der Waals surface area contributed by atoms with Gasteiger partial charge in [-0.3, -0.25) is 14.5 Å². The van der Waals surface area contributed by atoms with Gasteiger partial charge in [0, 0.05) is 19.0 Å². The van der Waals surface area contributed by atoms with Crippen LogP contribution in [0.25, 0.3) is 0 Å². The fraction of sp³-hybridized carbons (Fsp3) is 0.909. The molecule has 0 unspecified atom stereocenters. The Balaban J connectivity index is 1.85. The topological polar surface area (TPSA) is 49.9 Å². The van der Waals surface area contributed by atoms with Crippen LogP contribution in [0.15, 0.2) is 0 Å². The number of amides is 2. The summed E-state index contributed by atoms with van der Waals surface area (Å²) in [4.78, 5) is 30.8. The number of carbonyl (C=O) groups excluding carboxylic acids is 2. The Bertz CT molecular complexity index is 516. The Labute approximate surface area is 164 Å². The predicted molar refractivity (Wildman–Crippen MR) is 106 cm³/mol. The SMILES string of the molecule is CCCN(CCC)C(=O)[C@H]1COC2(CCC(C)CC2)N1C(=O)C1CCCC1. The quantitative estimate of drug-likeness (QED) is 0.703. The first-order valence-corrected chi connectivity index (χ1v) is 11.3. The minimum atomic E-state index is -0.531. The molecule has 0 radical (unpaired) electrons. The van der Waals surface area contributed by atoms with E-state index in [-0.39, 0.29) is 17.7 Å². The third-order valence-electron chi connectivity index (χ3n) is 6.84. The lowest BCUT2D eigenvalue weighted by Crippen LogP contribution is -2.58. The highest BCUT2D eigenvalue weighted by atomic mass is 16.5. The maximum Gasteiger partial charge on any atom is 0.247 e. The second kappa shape index (κ2) is 8.93. The summed E-state index contributed by atoms with van der Waals surface area (Å²) in [6, 6.07) is -0.426. The van der Waals surface area contributed by atoms with Crippen molar-refractivity contribution < 1.29 is 14.3 Å². The Morgan fingerprint density at radius 2 is 1.63 bits per heavy atom. The van der Waals surface area contributed by atoms with Gasteiger partial charge in [0.25, 0.3) is 0 Å². The molecule has 3 fully saturated rings. The molecule has 5 heteroatoms. The third-order valence-corrected chi connectivity index (χ3v) is 6.84. The van der Waals surface area contributed by atoms with Gasteiger partial charge in [0.2, 0.25) is 11.8 Å². The van der Waals surface area contributed by atoms with Gasteiger partial charge in [-0.1, -0.05) is 33.6 Å². The van der Waals surface area contributed by atoms with E-state index in [9.17, 15) is 9.59 Å². The maximum absolute atomic E-state index is 13.5. The van der Waals surface area contributed by atoms with Crippen LogP contribution >= 0.6 is 0 Å². The monoisotopic (exact) mass is 378 g/mol. The summed E-state index contributed by atoms with van der Waals surface area (Å²) < 4.78 is 6.32. The van der Waals surface area contributed by atoms with E-state index >= 15 is 0 Å². The second-order valence-electron chi connectivity index (χ2n) is 8.97. The summed E-state index contributed by atoms with van der Waals surface area (Å²) in [5.41, 5.74) is -0.531. The van der Waals surface area contributed by atoms with Crippen molar-refractivity contribution in [3.8, 4) is 0 Å². The lowest BCUT2D eigenvalue weighted by atomic mass is 9.83. The van der Waals surface area contributed by atoms with Crippen molar-refractivity contribution >= 4 is 11.8 Å². The first-order chi connectivity index (χ1) is 13.0. The highest BCUT2D eigenvalue weighted by Crippen LogP contribution is 2.44. The molecule has 0 aromatic carbocycles. The van der Waals surface area contributed by atoms with E-state index in [1.807, 2.05) is 9.80 Å². The van der Waals surface area contributed by atoms with Gasteiger partial charge >= 0.3 is 0 Å². The van der Waals surface area contributed by atoms with Crippen molar-refractivity contribution in [2.45, 2.75) is 96.7 Å². The molecule has 1 saturated heterocycles. The molecule has 2 amide bonds. The van der Waals surface area contributed by atoms with E-state index in [2.05, 4.69) is 20.8 Å². The number of nitrogens with zero attached hydrogens (tertiary/aromatic N) is 2. The van der Waals surface area contributed by atoms with Crippen LogP contribution in [0.1, 0.15) is 85.0 Å². The molecule has 27 heavy (non-hydrogen) atoms. The average Bonchev–Trinajstić information content (AvgIpc) is 3.32. The summed E-state index contributed by atoms with van der Waals surface area (Å²) in [5, 5.41) is 0. The van der Waals surface area contributed by atoms with Crippen molar-refractivity contribution in [3.05, 3.63) is 0 Å². The average molecular weight is 379 g/mol. The zero-order valence-electron chi connectivity index (χ0n) is 17.5. The van der Waals surface area contributed by atoms with Gasteiger partial charge < -0.3 is 9.64 Å². The van der Waals surface area contributed by atoms with E-state index in [4.69, 9.17) is 4.74 Å². The standard InChI is InChI=1S/C22H38N2O3/c1-4-14-23(15-5-2)21(26)19-16-27-22(12-10-17(3)11-13-22)24(19)20(25)18-8-6-7-9-18/h17-19H,4-16H2,1-3H3/t17?,19-,22?/m1/s1. The lowest BCUT2D eigenvalue weighted by Gasteiger charge is -2.44. The van der Waals surface area contributed by atoms with Gasteiger partial charge in [0.15, 0.2) is 0 Å². The summed E-state index contributed by atoms with van der Waals surface area (Å²) in [5.74, 6) is 1.05. The van der Waals surface area contributed by atoms with Crippen LogP contribution < -0.4 is 0 Å². The van der Waals surface area contributed by atoms with Crippen LogP contribution in [0.2, 0.25) is 0 Å². The molecule has 1 aliphatic heterocycles. The molecule has 2 aliphatic carbocycles. The maximum atomic E-state index is 13.5. The number of carbonyl (C=O) groups is 2. The summed E-state index contributed by atoms with van der Waals surface area (Å²) in [6.07, 6.45) is 9.98. The number of rotatable bonds is 6. The Morgan fingerprint density at radius 1 is 1.04 bits per heavy atom. The summed E-state index contributed by atoms with van der Waals surface area (Å²) in [7, 11) is 0. The fourth-order valence-corrected chi connectivity index (χ4v) is 5.25. The fourth-order valence-electron chi connectivity index (χ4n) is 5.25. The lowest BCUT2D eigenvalue weighted by molar-refractivity contribution is -0.166. The molecule has 0 aromatic rings. The minimum Gasteiger partial charge on any atom is -0.353 e. The van der Waals surface area contributed by atoms with Gasteiger partial charge in [0.1, 0.15) is 11.8 Å². The number of hydrogen-bond acceptors (Lipinski definition) is 3. The van der Waals surface area contributed by atoms with E-state index < -0.39 is 11.8 Å². The molecular formula is C22H38N2O3. The Hall–Kier alpha value is -1.10. The molecule has 1 atom stereocenters. The van der Waals surface area contributed by atoms with Gasteiger partial charge in [-0.25, -0.2) is 0 Å². The van der Waals surface area contributed by atoms with E-state index in [0.717, 1.165) is 77.3 Å². The zero-order chi connectivity index (χ0) is 19.4. The van der Waals surface area contributed by atoms with Crippen molar-refractivity contribution in [2.24, 2.45) is 11.8 Å². The van der Waals surface area contributed by atoms with Gasteiger partial charge in [-0.2, -0.15) is 0 Å². The van der Waals surface area contributed by atoms with Crippen LogP contribution in [-0.4, -0.2) is 53.1 Å². The highest BCUT2D eigenvalue weighted by Gasteiger charge is 2.55. The molecule has 0 aromatic heterocycles. The number of ether oxygens (including phenoxy) is 1. The third kappa shape index (κ3) is 4.18. The summed E-state index contributed by atoms with van der Waals surface area (Å²) in [6.45, 7) is 8.38. The normalized spacial score (nSPS) is 31.6. The molecular weight excluding hydrogens is 340 g/mol. The molecule has 2 saturated carbocycles. The predicted octanol–water partition coefficient (Wildman–Crippen LogP) is 3.96. The molecule has 1 heterocycles. The first-order valence-electron chi connectivity index (χ1n) is 11.3. The molecule has 3 rings (SSSR count). The smallest absolute Gasteiger partial charge is 0.247 e. The highest BCUT2D eigenvalue weighted by molar-refractivity contribution is 5.90. The minimum absolute atomic E-state index is 0.0871. The van der Waals surface area contributed by atoms with E-state index in [1.165, 1.54) is 0 Å². The van der Waals surface area contributed by atoms with Crippen molar-refractivity contribution in [1.82, 2.24) is 9.80 Å². The number of hydrogen-bond donors (Lipinski definition) is 0. The summed E-state index contributed by atoms with van der Waals surface area (Å²) >= 11 is 0. The molecule has 0 bridgehead atoms. The van der Waals surface area contributed by atoms with Gasteiger partial charge in [-0.05, 0) is 57.3 Å². The first kappa shape index (κ1) is 20.6. The molecule has 154 valence electrons. The zero-order valence-corrected chi connectivity index (χ0v) is 17.5. The van der Waals surface area contributed by atoms with Crippen LogP contribution in [0.5, 0.6) is 0 Å². The van der Waals surface area contributed by atoms with Crippen LogP contribution in [0, 0.1) is 11.8 Å². The molecule has 0 N–H and O–H groups in total. The van der Waals surface area contributed by atoms with Crippen molar-refractivity contribution in [3.63, 3.8) is 0 Å². The molecule has 1 spiro atoms. The van der Waals surface area contributed by atoms with Crippen molar-refractivity contribution in [2.75, 3.05) is 19.7 Å². The second-order valence-corrected chi connectivity index (χ2v) is 8.97. The largest absolute Gasteiger partial charge is 0.353 e. The molecule has 3 aliphatic rings.